The lowest BCUT2D eigenvalue weighted by Gasteiger charge is -2.23. The third kappa shape index (κ3) is 4.88. The Labute approximate surface area is 141 Å². The van der Waals surface area contributed by atoms with E-state index in [2.05, 4.69) is 0 Å². The van der Waals surface area contributed by atoms with Gasteiger partial charge in [-0.3, -0.25) is 14.5 Å². The summed E-state index contributed by atoms with van der Waals surface area (Å²) in [6.07, 6.45) is 6.95. The minimum absolute atomic E-state index is 0.0349. The first-order valence-corrected chi connectivity index (χ1v) is 7.89. The molecule has 1 heterocycles. The van der Waals surface area contributed by atoms with Gasteiger partial charge in [0.15, 0.2) is 0 Å². The van der Waals surface area contributed by atoms with Crippen LogP contribution in [0.5, 0.6) is 0 Å². The van der Waals surface area contributed by atoms with Gasteiger partial charge in [0, 0.05) is 6.42 Å². The summed E-state index contributed by atoms with van der Waals surface area (Å²) in [7, 11) is 0. The van der Waals surface area contributed by atoms with Gasteiger partial charge in [0.25, 0.3) is 0 Å². The summed E-state index contributed by atoms with van der Waals surface area (Å²) >= 11 is 0. The second-order valence-electron chi connectivity index (χ2n) is 5.04. The summed E-state index contributed by atoms with van der Waals surface area (Å²) in [6, 6.07) is 5.63. The van der Waals surface area contributed by atoms with E-state index in [4.69, 9.17) is 5.26 Å². The highest BCUT2D eigenvalue weighted by molar-refractivity contribution is 5.97. The molecule has 0 radical (unpaired) electrons. The van der Waals surface area contributed by atoms with E-state index in [1.807, 2.05) is 19.9 Å². The molecular formula is C19H21FN2O2. The molecule has 4 nitrogen and oxygen atoms in total. The minimum Gasteiger partial charge on any atom is -0.277 e. The van der Waals surface area contributed by atoms with Crippen LogP contribution in [0.4, 0.5) is 4.39 Å². The van der Waals surface area contributed by atoms with E-state index in [1.165, 1.54) is 12.1 Å². The van der Waals surface area contributed by atoms with Gasteiger partial charge in [0.2, 0.25) is 11.8 Å². The number of hydrogen-bond donors (Lipinski definition) is 0. The minimum atomic E-state index is -0.526. The van der Waals surface area contributed by atoms with Crippen molar-refractivity contribution >= 4 is 11.8 Å². The monoisotopic (exact) mass is 328 g/mol. The SMILES string of the molecule is CC.CC1/C=C\C=C/CC(=O)N(Cc2ccc(F)cc2C#N)C1=O. The zero-order valence-corrected chi connectivity index (χ0v) is 14.1. The highest BCUT2D eigenvalue weighted by atomic mass is 19.1. The maximum atomic E-state index is 13.2. The Hall–Kier alpha value is -2.74. The fourth-order valence-electron chi connectivity index (χ4n) is 2.17. The van der Waals surface area contributed by atoms with Crippen LogP contribution in [0, 0.1) is 23.1 Å². The van der Waals surface area contributed by atoms with Crippen molar-refractivity contribution in [2.24, 2.45) is 5.92 Å². The molecule has 1 aliphatic heterocycles. The quantitative estimate of drug-likeness (QED) is 0.777. The van der Waals surface area contributed by atoms with Crippen molar-refractivity contribution in [2.45, 2.75) is 33.7 Å². The zero-order chi connectivity index (χ0) is 18.1. The Morgan fingerprint density at radius 2 is 2.00 bits per heavy atom. The lowest BCUT2D eigenvalue weighted by Crippen LogP contribution is -2.39. The first-order valence-electron chi connectivity index (χ1n) is 7.89. The van der Waals surface area contributed by atoms with Crippen molar-refractivity contribution in [3.63, 3.8) is 0 Å². The lowest BCUT2D eigenvalue weighted by molar-refractivity contribution is -0.146. The molecule has 1 aliphatic rings. The average molecular weight is 328 g/mol. The third-order valence-electron chi connectivity index (χ3n) is 3.42. The van der Waals surface area contributed by atoms with E-state index in [0.717, 1.165) is 11.0 Å². The van der Waals surface area contributed by atoms with Gasteiger partial charge in [-0.15, -0.1) is 0 Å². The number of carbonyl (C=O) groups excluding carboxylic acids is 2. The number of amides is 2. The van der Waals surface area contributed by atoms with Gasteiger partial charge in [-0.25, -0.2) is 4.39 Å². The van der Waals surface area contributed by atoms with Gasteiger partial charge in [0.1, 0.15) is 5.82 Å². The molecule has 0 saturated carbocycles. The van der Waals surface area contributed by atoms with Gasteiger partial charge in [-0.1, -0.05) is 51.1 Å². The molecular weight excluding hydrogens is 307 g/mol. The molecule has 0 fully saturated rings. The Morgan fingerprint density at radius 3 is 2.67 bits per heavy atom. The second-order valence-corrected chi connectivity index (χ2v) is 5.04. The highest BCUT2D eigenvalue weighted by Crippen LogP contribution is 2.17. The van der Waals surface area contributed by atoms with Gasteiger partial charge in [-0.05, 0) is 17.7 Å². The van der Waals surface area contributed by atoms with E-state index >= 15 is 0 Å². The third-order valence-corrected chi connectivity index (χ3v) is 3.42. The molecule has 0 bridgehead atoms. The van der Waals surface area contributed by atoms with Crippen LogP contribution in [0.15, 0.2) is 42.5 Å². The average Bonchev–Trinajstić information content (AvgIpc) is 2.65. The van der Waals surface area contributed by atoms with Crippen molar-refractivity contribution in [3.8, 4) is 6.07 Å². The smallest absolute Gasteiger partial charge is 0.236 e. The largest absolute Gasteiger partial charge is 0.277 e. The number of nitrogens with zero attached hydrogens (tertiary/aromatic N) is 2. The van der Waals surface area contributed by atoms with E-state index < -0.39 is 11.7 Å². The summed E-state index contributed by atoms with van der Waals surface area (Å²) in [5.41, 5.74) is 0.573. The Balaban J connectivity index is 0.00000139. The van der Waals surface area contributed by atoms with Crippen molar-refractivity contribution in [1.29, 1.82) is 5.26 Å². The van der Waals surface area contributed by atoms with Crippen LogP contribution in [0.3, 0.4) is 0 Å². The molecule has 1 unspecified atom stereocenters. The molecule has 126 valence electrons. The molecule has 0 saturated heterocycles. The molecule has 0 aliphatic carbocycles. The second kappa shape index (κ2) is 9.41. The topological polar surface area (TPSA) is 61.2 Å². The molecule has 0 N–H and O–H groups in total. The molecule has 5 heteroatoms. The molecule has 0 spiro atoms. The van der Waals surface area contributed by atoms with Gasteiger partial charge in [0.05, 0.1) is 24.1 Å². The van der Waals surface area contributed by atoms with Crippen LogP contribution in [0.25, 0.3) is 0 Å². The number of allylic oxidation sites excluding steroid dienone is 2. The van der Waals surface area contributed by atoms with Crippen LogP contribution in [-0.4, -0.2) is 16.7 Å². The first-order chi connectivity index (χ1) is 11.5. The van der Waals surface area contributed by atoms with Crippen LogP contribution in [0.1, 0.15) is 38.3 Å². The van der Waals surface area contributed by atoms with Crippen molar-refractivity contribution in [1.82, 2.24) is 4.90 Å². The normalized spacial score (nSPS) is 20.0. The molecule has 2 amide bonds. The van der Waals surface area contributed by atoms with Crippen molar-refractivity contribution < 1.29 is 14.0 Å². The number of hydrogen-bond acceptors (Lipinski definition) is 3. The lowest BCUT2D eigenvalue weighted by atomic mass is 10.1. The summed E-state index contributed by atoms with van der Waals surface area (Å²) < 4.78 is 13.2. The number of nitriles is 1. The molecule has 2 rings (SSSR count). The summed E-state index contributed by atoms with van der Waals surface area (Å²) in [5.74, 6) is -1.65. The Morgan fingerprint density at radius 1 is 1.29 bits per heavy atom. The predicted octanol–water partition coefficient (Wildman–Crippen LogP) is 3.73. The van der Waals surface area contributed by atoms with Gasteiger partial charge >= 0.3 is 0 Å². The first kappa shape index (κ1) is 19.3. The maximum Gasteiger partial charge on any atom is 0.236 e. The van der Waals surface area contributed by atoms with E-state index in [-0.39, 0.29) is 30.3 Å². The van der Waals surface area contributed by atoms with Crippen LogP contribution < -0.4 is 0 Å². The van der Waals surface area contributed by atoms with Crippen LogP contribution in [0.2, 0.25) is 0 Å². The Bertz CT molecular complexity index is 702. The molecule has 1 aromatic rings. The van der Waals surface area contributed by atoms with E-state index in [0.29, 0.717) is 5.56 Å². The van der Waals surface area contributed by atoms with E-state index in [9.17, 15) is 14.0 Å². The highest BCUT2D eigenvalue weighted by Gasteiger charge is 2.25. The van der Waals surface area contributed by atoms with Crippen LogP contribution in [-0.2, 0) is 16.1 Å². The number of carbonyl (C=O) groups is 2. The number of imide groups is 1. The fraction of sp³-hybridized carbons (Fsp3) is 0.316. The van der Waals surface area contributed by atoms with Crippen LogP contribution >= 0.6 is 0 Å². The molecule has 1 atom stereocenters. The molecule has 0 aromatic heterocycles. The number of halogens is 1. The van der Waals surface area contributed by atoms with Gasteiger partial charge in [-0.2, -0.15) is 5.26 Å². The van der Waals surface area contributed by atoms with Crippen molar-refractivity contribution in [2.75, 3.05) is 0 Å². The molecule has 1 aromatic carbocycles. The fourth-order valence-corrected chi connectivity index (χ4v) is 2.17. The summed E-state index contributed by atoms with van der Waals surface area (Å²) in [6.45, 7) is 5.67. The maximum absolute atomic E-state index is 13.2. The predicted molar refractivity (Wildman–Crippen MR) is 90.1 cm³/mol. The zero-order valence-electron chi connectivity index (χ0n) is 14.1. The number of benzene rings is 1. The standard InChI is InChI=1S/C17H15FN2O2.C2H6/c1-12-5-3-2-4-6-16(21)20(17(12)22)11-13-7-8-15(18)9-14(13)10-19;1-2/h2-5,7-9,12H,6,11H2,1H3;1-2H3/b4-2-,5-3-;. The van der Waals surface area contributed by atoms with E-state index in [1.54, 1.807) is 31.2 Å². The summed E-state index contributed by atoms with van der Waals surface area (Å²) in [4.78, 5) is 25.7. The molecule has 24 heavy (non-hydrogen) atoms. The van der Waals surface area contributed by atoms with Crippen molar-refractivity contribution in [3.05, 3.63) is 59.4 Å². The summed E-state index contributed by atoms with van der Waals surface area (Å²) in [5, 5.41) is 9.07. The van der Waals surface area contributed by atoms with Gasteiger partial charge < -0.3 is 0 Å². The number of rotatable bonds is 2. The Kier molecular flexibility index (Phi) is 7.57.